The average Bonchev–Trinajstić information content (AvgIpc) is 2.37. The first-order chi connectivity index (χ1) is 8.88. The van der Waals surface area contributed by atoms with Crippen molar-refractivity contribution in [2.75, 3.05) is 19.0 Å². The number of hydrogen-bond donors (Lipinski definition) is 1. The van der Waals surface area contributed by atoms with E-state index in [0.717, 1.165) is 11.0 Å². The molecule has 0 fully saturated rings. The van der Waals surface area contributed by atoms with Crippen LogP contribution in [0.4, 0.5) is 5.69 Å². The second kappa shape index (κ2) is 6.72. The highest BCUT2D eigenvalue weighted by molar-refractivity contribution is 7.28. The van der Waals surface area contributed by atoms with Crippen LogP contribution in [0.25, 0.3) is 0 Å². The molecule has 1 unspecified atom stereocenters. The van der Waals surface area contributed by atoms with Gasteiger partial charge < -0.3 is 10.2 Å². The van der Waals surface area contributed by atoms with E-state index < -0.39 is 0 Å². The molecule has 1 aromatic rings. The van der Waals surface area contributed by atoms with Gasteiger partial charge in [-0.15, -0.1) is 9.24 Å². The number of allylic oxidation sites excluding steroid dienone is 1. The summed E-state index contributed by atoms with van der Waals surface area (Å²) in [7, 11) is 6.48. The van der Waals surface area contributed by atoms with Gasteiger partial charge in [0, 0.05) is 31.9 Å². The Morgan fingerprint density at radius 2 is 2.05 bits per heavy atom. The van der Waals surface area contributed by atoms with Crippen LogP contribution in [0.3, 0.4) is 0 Å². The lowest BCUT2D eigenvalue weighted by Crippen LogP contribution is -2.25. The predicted molar refractivity (Wildman–Crippen MR) is 85.9 cm³/mol. The number of nitrogens with one attached hydrogen (secondary N) is 1. The lowest BCUT2D eigenvalue weighted by molar-refractivity contribution is -0.118. The number of likely N-dealkylation sites (N-methyl/N-ethyl adjacent to an activating group) is 1. The first kappa shape index (κ1) is 15.7. The van der Waals surface area contributed by atoms with Gasteiger partial charge in [0.05, 0.1) is 5.70 Å². The van der Waals surface area contributed by atoms with Gasteiger partial charge in [-0.1, -0.05) is 26.0 Å². The smallest absolute Gasteiger partial charge is 0.182 e. The van der Waals surface area contributed by atoms with Crippen molar-refractivity contribution >= 4 is 26.0 Å². The molecule has 0 bridgehead atoms. The number of carbonyl (C=O) groups is 1. The second-order valence-corrected chi connectivity index (χ2v) is 5.51. The van der Waals surface area contributed by atoms with E-state index in [1.165, 1.54) is 5.56 Å². The molecule has 19 heavy (non-hydrogen) atoms. The zero-order chi connectivity index (χ0) is 14.6. The molecule has 0 aromatic heterocycles. The molecule has 0 heterocycles. The molecule has 1 aromatic carbocycles. The highest BCUT2D eigenvalue weighted by Gasteiger charge is 2.14. The quantitative estimate of drug-likeness (QED) is 0.662. The topological polar surface area (TPSA) is 32.3 Å². The normalized spacial score (nSPS) is 11.6. The minimum atomic E-state index is -0.0138. The van der Waals surface area contributed by atoms with Crippen molar-refractivity contribution in [3.8, 4) is 0 Å². The zero-order valence-corrected chi connectivity index (χ0v) is 13.5. The van der Waals surface area contributed by atoms with Gasteiger partial charge in [-0.2, -0.15) is 0 Å². The fourth-order valence-corrected chi connectivity index (χ4v) is 2.19. The number of nitrogens with zero attached hydrogens (tertiary/aromatic N) is 1. The second-order valence-electron chi connectivity index (χ2n) is 4.93. The lowest BCUT2D eigenvalue weighted by Gasteiger charge is -2.20. The molecule has 0 aliphatic rings. The molecule has 1 rings (SSSR count). The Hall–Kier alpha value is -1.34. The summed E-state index contributed by atoms with van der Waals surface area (Å²) < 4.78 is 0. The van der Waals surface area contributed by atoms with Crippen molar-refractivity contribution in [1.29, 1.82) is 0 Å². The van der Waals surface area contributed by atoms with Gasteiger partial charge in [-0.25, -0.2) is 0 Å². The van der Waals surface area contributed by atoms with Crippen LogP contribution in [0.1, 0.15) is 19.4 Å². The molecule has 0 saturated carbocycles. The van der Waals surface area contributed by atoms with E-state index in [0.29, 0.717) is 5.70 Å². The van der Waals surface area contributed by atoms with Crippen LogP contribution in [0.15, 0.2) is 30.1 Å². The number of ketones is 1. The Labute approximate surface area is 118 Å². The minimum absolute atomic E-state index is 0.0138. The number of hydrogen-bond acceptors (Lipinski definition) is 3. The van der Waals surface area contributed by atoms with Crippen molar-refractivity contribution in [3.05, 3.63) is 35.7 Å². The average molecular weight is 278 g/mol. The van der Waals surface area contributed by atoms with Crippen LogP contribution in [0, 0.1) is 12.8 Å². The number of anilines is 1. The minimum Gasteiger partial charge on any atom is -0.384 e. The fourth-order valence-electron chi connectivity index (χ4n) is 1.80. The van der Waals surface area contributed by atoms with E-state index >= 15 is 0 Å². The predicted octanol–water partition coefficient (Wildman–Crippen LogP) is 2.22. The Kier molecular flexibility index (Phi) is 5.56. The lowest BCUT2D eigenvalue weighted by atomic mass is 10.1. The van der Waals surface area contributed by atoms with E-state index in [1.54, 1.807) is 7.05 Å². The molecule has 0 amide bonds. The summed E-state index contributed by atoms with van der Waals surface area (Å²) in [5, 5.41) is 4.13. The highest BCUT2D eigenvalue weighted by Crippen LogP contribution is 2.16. The van der Waals surface area contributed by atoms with E-state index in [1.807, 2.05) is 44.1 Å². The molecule has 0 radical (unpaired) electrons. The van der Waals surface area contributed by atoms with Crippen LogP contribution in [-0.2, 0) is 4.79 Å². The van der Waals surface area contributed by atoms with E-state index in [9.17, 15) is 4.79 Å². The summed E-state index contributed by atoms with van der Waals surface area (Å²) in [6.45, 7) is 5.88. The largest absolute Gasteiger partial charge is 0.384 e. The molecule has 0 aliphatic carbocycles. The van der Waals surface area contributed by atoms with E-state index in [4.69, 9.17) is 0 Å². The number of aryl methyl sites for hydroxylation is 1. The number of benzene rings is 1. The summed E-state index contributed by atoms with van der Waals surface area (Å²) >= 11 is 0. The first-order valence-corrected chi connectivity index (χ1v) is 6.98. The maximum absolute atomic E-state index is 12.0. The standard InChI is InChI=1S/C15H23N2OP/c1-10(2)14(18)12(16-4)9-17(5)13-8-6-7-11(3)15(13)19/h6-10,16H,19H2,1-5H3/b12-9-. The Bertz CT molecular complexity index is 495. The highest BCUT2D eigenvalue weighted by atomic mass is 31.0. The van der Waals surface area contributed by atoms with Gasteiger partial charge in [0.15, 0.2) is 5.78 Å². The molecule has 3 nitrogen and oxygen atoms in total. The fraction of sp³-hybridized carbons (Fsp3) is 0.400. The van der Waals surface area contributed by atoms with Crippen molar-refractivity contribution in [1.82, 2.24) is 5.32 Å². The molecule has 104 valence electrons. The van der Waals surface area contributed by atoms with Crippen molar-refractivity contribution in [3.63, 3.8) is 0 Å². The first-order valence-electron chi connectivity index (χ1n) is 6.40. The molecule has 0 saturated heterocycles. The molecular weight excluding hydrogens is 255 g/mol. The summed E-state index contributed by atoms with van der Waals surface area (Å²) in [4.78, 5) is 14.0. The Morgan fingerprint density at radius 1 is 1.42 bits per heavy atom. The van der Waals surface area contributed by atoms with E-state index in [2.05, 4.69) is 27.5 Å². The summed E-state index contributed by atoms with van der Waals surface area (Å²) in [6, 6.07) is 6.13. The van der Waals surface area contributed by atoms with Crippen LogP contribution in [-0.4, -0.2) is 19.9 Å². The molecule has 0 aliphatic heterocycles. The van der Waals surface area contributed by atoms with E-state index in [-0.39, 0.29) is 11.7 Å². The summed E-state index contributed by atoms with van der Waals surface area (Å²) in [5.41, 5.74) is 2.92. The van der Waals surface area contributed by atoms with Gasteiger partial charge in [0.1, 0.15) is 0 Å². The van der Waals surface area contributed by atoms with Crippen molar-refractivity contribution in [2.24, 2.45) is 5.92 Å². The summed E-state index contributed by atoms with van der Waals surface area (Å²) in [5.74, 6) is 0.104. The van der Waals surface area contributed by atoms with Crippen LogP contribution in [0.2, 0.25) is 0 Å². The van der Waals surface area contributed by atoms with Crippen LogP contribution >= 0.6 is 9.24 Å². The van der Waals surface area contributed by atoms with Gasteiger partial charge in [0.25, 0.3) is 0 Å². The summed E-state index contributed by atoms with van der Waals surface area (Å²) in [6.07, 6.45) is 1.85. The van der Waals surface area contributed by atoms with Gasteiger partial charge in [-0.3, -0.25) is 4.79 Å². The van der Waals surface area contributed by atoms with Crippen molar-refractivity contribution in [2.45, 2.75) is 20.8 Å². The number of rotatable bonds is 5. The van der Waals surface area contributed by atoms with Crippen molar-refractivity contribution < 1.29 is 4.79 Å². The van der Waals surface area contributed by atoms with Gasteiger partial charge in [-0.05, 0) is 23.9 Å². The third kappa shape index (κ3) is 3.81. The Morgan fingerprint density at radius 3 is 2.58 bits per heavy atom. The van der Waals surface area contributed by atoms with Gasteiger partial charge in [0.2, 0.25) is 0 Å². The molecule has 4 heteroatoms. The zero-order valence-electron chi connectivity index (χ0n) is 12.3. The number of Topliss-reactive ketones (excluding diaryl/α,β-unsaturated/α-hetero) is 1. The molecule has 1 N–H and O–H groups in total. The number of carbonyl (C=O) groups excluding carboxylic acids is 1. The third-order valence-electron chi connectivity index (χ3n) is 3.06. The molecule has 1 atom stereocenters. The SMILES string of the molecule is CN/C(=C\N(C)c1cccc(C)c1P)C(=O)C(C)C. The monoisotopic (exact) mass is 278 g/mol. The van der Waals surface area contributed by atoms with Crippen LogP contribution in [0.5, 0.6) is 0 Å². The Balaban J connectivity index is 3.08. The van der Waals surface area contributed by atoms with Crippen LogP contribution < -0.4 is 15.5 Å². The maximum atomic E-state index is 12.0. The molecule has 0 spiro atoms. The third-order valence-corrected chi connectivity index (χ3v) is 3.81. The maximum Gasteiger partial charge on any atom is 0.182 e. The van der Waals surface area contributed by atoms with Gasteiger partial charge >= 0.3 is 0 Å². The molecular formula is C15H23N2OP.